The van der Waals surface area contributed by atoms with Gasteiger partial charge in [-0.3, -0.25) is 0 Å². The van der Waals surface area contributed by atoms with Gasteiger partial charge in [0.05, 0.1) is 12.9 Å². The Morgan fingerprint density at radius 3 is 3.00 bits per heavy atom. The molecule has 0 N–H and O–H groups in total. The van der Waals surface area contributed by atoms with Crippen molar-refractivity contribution in [3.63, 3.8) is 0 Å². The van der Waals surface area contributed by atoms with E-state index in [4.69, 9.17) is 4.74 Å². The van der Waals surface area contributed by atoms with E-state index in [1.54, 1.807) is 0 Å². The molecule has 1 rings (SSSR count). The van der Waals surface area contributed by atoms with Gasteiger partial charge < -0.3 is 4.74 Å². The molecule has 0 amide bonds. The molecule has 0 saturated carbocycles. The lowest BCUT2D eigenvalue weighted by molar-refractivity contribution is 0.220. The molecule has 0 aliphatic carbocycles. The van der Waals surface area contributed by atoms with E-state index in [0.29, 0.717) is 0 Å². The fourth-order valence-corrected chi connectivity index (χ4v) is 0.717. The number of alkyl halides is 1. The highest BCUT2D eigenvalue weighted by atomic mass is 19.1. The fraction of sp³-hybridized carbons (Fsp3) is 0.667. The van der Waals surface area contributed by atoms with Crippen LogP contribution in [0.15, 0.2) is 11.8 Å². The molecule has 1 aliphatic rings. The van der Waals surface area contributed by atoms with Gasteiger partial charge in [-0.25, -0.2) is 4.39 Å². The van der Waals surface area contributed by atoms with Gasteiger partial charge in [-0.2, -0.15) is 0 Å². The molecule has 0 unspecified atom stereocenters. The molecular weight excluding hydrogens is 107 g/mol. The Morgan fingerprint density at radius 2 is 2.62 bits per heavy atom. The molecule has 0 aromatic carbocycles. The van der Waals surface area contributed by atoms with E-state index in [1.165, 1.54) is 6.26 Å². The summed E-state index contributed by atoms with van der Waals surface area (Å²) in [5, 5.41) is 0. The van der Waals surface area contributed by atoms with Crippen molar-refractivity contribution < 1.29 is 9.13 Å². The first kappa shape index (κ1) is 5.60. The van der Waals surface area contributed by atoms with Crippen LogP contribution < -0.4 is 0 Å². The van der Waals surface area contributed by atoms with Crippen molar-refractivity contribution in [2.24, 2.45) is 0 Å². The van der Waals surface area contributed by atoms with Crippen molar-refractivity contribution in [2.45, 2.75) is 12.8 Å². The van der Waals surface area contributed by atoms with Gasteiger partial charge in [0.15, 0.2) is 0 Å². The van der Waals surface area contributed by atoms with Crippen molar-refractivity contribution in [3.8, 4) is 0 Å². The van der Waals surface area contributed by atoms with Crippen LogP contribution in [-0.4, -0.2) is 13.3 Å². The van der Waals surface area contributed by atoms with Crippen molar-refractivity contribution in [2.75, 3.05) is 13.3 Å². The van der Waals surface area contributed by atoms with Crippen LogP contribution in [0.1, 0.15) is 12.8 Å². The molecule has 46 valence electrons. The van der Waals surface area contributed by atoms with Gasteiger partial charge >= 0.3 is 0 Å². The van der Waals surface area contributed by atoms with Crippen molar-refractivity contribution in [3.05, 3.63) is 11.8 Å². The Kier molecular flexibility index (Phi) is 1.89. The smallest absolute Gasteiger partial charge is 0.114 e. The summed E-state index contributed by atoms with van der Waals surface area (Å²) in [6.45, 7) is 0.406. The number of hydrogen-bond acceptors (Lipinski definition) is 1. The molecule has 0 bridgehead atoms. The van der Waals surface area contributed by atoms with E-state index in [2.05, 4.69) is 0 Å². The molecule has 8 heavy (non-hydrogen) atoms. The molecule has 0 atom stereocenters. The lowest BCUT2D eigenvalue weighted by Crippen LogP contribution is -1.99. The molecular formula is C6H9FO. The van der Waals surface area contributed by atoms with Gasteiger partial charge in [0.25, 0.3) is 0 Å². The summed E-state index contributed by atoms with van der Waals surface area (Å²) >= 11 is 0. The molecule has 0 saturated heterocycles. The normalized spacial score (nSPS) is 19.4. The summed E-state index contributed by atoms with van der Waals surface area (Å²) in [6, 6.07) is 0. The van der Waals surface area contributed by atoms with Gasteiger partial charge in [-0.1, -0.05) is 0 Å². The van der Waals surface area contributed by atoms with Gasteiger partial charge in [0.2, 0.25) is 0 Å². The predicted molar refractivity (Wildman–Crippen MR) is 29.2 cm³/mol. The molecule has 0 radical (unpaired) electrons. The monoisotopic (exact) mass is 116 g/mol. The molecule has 0 aromatic heterocycles. The van der Waals surface area contributed by atoms with Crippen LogP contribution in [0.3, 0.4) is 0 Å². The van der Waals surface area contributed by atoms with Crippen LogP contribution in [0.5, 0.6) is 0 Å². The highest BCUT2D eigenvalue weighted by Gasteiger charge is 2.01. The van der Waals surface area contributed by atoms with Gasteiger partial charge in [-0.05, 0) is 18.4 Å². The van der Waals surface area contributed by atoms with Gasteiger partial charge in [0.1, 0.15) is 6.67 Å². The first-order valence-corrected chi connectivity index (χ1v) is 2.79. The molecule has 2 heteroatoms. The van der Waals surface area contributed by atoms with Crippen LogP contribution in [0.25, 0.3) is 0 Å². The Labute approximate surface area is 48.1 Å². The number of hydrogen-bond donors (Lipinski definition) is 0. The van der Waals surface area contributed by atoms with Crippen molar-refractivity contribution in [1.29, 1.82) is 0 Å². The molecule has 1 heterocycles. The minimum atomic E-state index is -0.347. The van der Waals surface area contributed by atoms with E-state index in [9.17, 15) is 4.39 Å². The average molecular weight is 116 g/mol. The summed E-state index contributed by atoms with van der Waals surface area (Å²) in [6.07, 6.45) is 3.37. The fourth-order valence-electron chi connectivity index (χ4n) is 0.717. The summed E-state index contributed by atoms with van der Waals surface area (Å²) in [5.41, 5.74) is 0.788. The predicted octanol–water partition coefficient (Wildman–Crippen LogP) is 1.65. The van der Waals surface area contributed by atoms with Gasteiger partial charge in [0, 0.05) is 0 Å². The zero-order chi connectivity index (χ0) is 5.82. The Bertz CT molecular complexity index is 98.7. The zero-order valence-electron chi connectivity index (χ0n) is 4.69. The lowest BCUT2D eigenvalue weighted by Gasteiger charge is -2.09. The Hall–Kier alpha value is -0.530. The summed E-state index contributed by atoms with van der Waals surface area (Å²) in [5.74, 6) is 0. The second kappa shape index (κ2) is 2.70. The summed E-state index contributed by atoms with van der Waals surface area (Å²) in [4.78, 5) is 0. The maximum atomic E-state index is 11.7. The van der Waals surface area contributed by atoms with E-state index in [-0.39, 0.29) is 6.67 Å². The van der Waals surface area contributed by atoms with Crippen LogP contribution in [0, 0.1) is 0 Å². The van der Waals surface area contributed by atoms with Crippen LogP contribution in [-0.2, 0) is 4.74 Å². The van der Waals surface area contributed by atoms with E-state index in [0.717, 1.165) is 25.0 Å². The SMILES string of the molecule is FCC1=COCCC1. The van der Waals surface area contributed by atoms with E-state index >= 15 is 0 Å². The zero-order valence-corrected chi connectivity index (χ0v) is 4.69. The van der Waals surface area contributed by atoms with Crippen molar-refractivity contribution in [1.82, 2.24) is 0 Å². The molecule has 1 nitrogen and oxygen atoms in total. The maximum absolute atomic E-state index is 11.7. The number of allylic oxidation sites excluding steroid dienone is 1. The first-order chi connectivity index (χ1) is 3.93. The Morgan fingerprint density at radius 1 is 1.75 bits per heavy atom. The topological polar surface area (TPSA) is 9.23 Å². The average Bonchev–Trinajstić information content (AvgIpc) is 1.90. The second-order valence-corrected chi connectivity index (χ2v) is 1.88. The van der Waals surface area contributed by atoms with E-state index < -0.39 is 0 Å². The highest BCUT2D eigenvalue weighted by molar-refractivity contribution is 4.99. The summed E-state index contributed by atoms with van der Waals surface area (Å²) < 4.78 is 16.6. The third-order valence-electron chi connectivity index (χ3n) is 1.18. The second-order valence-electron chi connectivity index (χ2n) is 1.88. The molecule has 0 fully saturated rings. The standard InChI is InChI=1S/C6H9FO/c7-4-6-2-1-3-8-5-6/h5H,1-4H2. The third kappa shape index (κ3) is 1.22. The number of halogens is 1. The maximum Gasteiger partial charge on any atom is 0.114 e. The number of ether oxygens (including phenoxy) is 1. The summed E-state index contributed by atoms with van der Waals surface area (Å²) in [7, 11) is 0. The van der Waals surface area contributed by atoms with Crippen LogP contribution in [0.4, 0.5) is 4.39 Å². The van der Waals surface area contributed by atoms with Crippen LogP contribution in [0.2, 0.25) is 0 Å². The first-order valence-electron chi connectivity index (χ1n) is 2.79. The minimum Gasteiger partial charge on any atom is -0.501 e. The lowest BCUT2D eigenvalue weighted by atomic mass is 10.1. The van der Waals surface area contributed by atoms with Crippen molar-refractivity contribution >= 4 is 0 Å². The minimum absolute atomic E-state index is 0.347. The highest BCUT2D eigenvalue weighted by Crippen LogP contribution is 2.10. The quantitative estimate of drug-likeness (QED) is 0.506. The third-order valence-corrected chi connectivity index (χ3v) is 1.18. The van der Waals surface area contributed by atoms with Crippen LogP contribution >= 0.6 is 0 Å². The number of rotatable bonds is 1. The molecule has 0 spiro atoms. The van der Waals surface area contributed by atoms with Gasteiger partial charge in [-0.15, -0.1) is 0 Å². The largest absolute Gasteiger partial charge is 0.501 e. The Balaban J connectivity index is 2.37. The molecule has 0 aromatic rings. The van der Waals surface area contributed by atoms with E-state index in [1.807, 2.05) is 0 Å². The molecule has 1 aliphatic heterocycles.